The van der Waals surface area contributed by atoms with E-state index in [1.165, 1.54) is 0 Å². The Bertz CT molecular complexity index is 1140. The fourth-order valence-electron chi connectivity index (χ4n) is 3.00. The van der Waals surface area contributed by atoms with Crippen molar-refractivity contribution in [2.75, 3.05) is 0 Å². The van der Waals surface area contributed by atoms with Gasteiger partial charge in [0.15, 0.2) is 0 Å². The summed E-state index contributed by atoms with van der Waals surface area (Å²) in [6.45, 7) is 2.59. The Morgan fingerprint density at radius 3 is 2.74 bits per heavy atom. The van der Waals surface area contributed by atoms with E-state index in [0.29, 0.717) is 23.1 Å². The minimum atomic E-state index is -0.290. The van der Waals surface area contributed by atoms with Gasteiger partial charge in [-0.05, 0) is 30.7 Å². The van der Waals surface area contributed by atoms with Crippen LogP contribution in [0, 0.1) is 0 Å². The number of fused-ring (bicyclic) bond motifs is 1. The number of imidazole rings is 1. The lowest BCUT2D eigenvalue weighted by Crippen LogP contribution is -2.26. The first-order chi connectivity index (χ1) is 13.1. The van der Waals surface area contributed by atoms with Crippen LogP contribution < -0.4 is 11.0 Å². The van der Waals surface area contributed by atoms with E-state index in [0.717, 1.165) is 11.1 Å². The molecule has 0 fully saturated rings. The van der Waals surface area contributed by atoms with Crippen LogP contribution in [0.15, 0.2) is 65.7 Å². The van der Waals surface area contributed by atoms with Gasteiger partial charge in [0.2, 0.25) is 0 Å². The molecule has 0 bridgehead atoms. The van der Waals surface area contributed by atoms with Crippen LogP contribution in [0.25, 0.3) is 11.0 Å². The van der Waals surface area contributed by atoms with Gasteiger partial charge in [-0.2, -0.15) is 5.10 Å². The van der Waals surface area contributed by atoms with Gasteiger partial charge in [0.25, 0.3) is 5.91 Å². The standard InChI is InChI=1S/C20H19N5O2/c1-13(16-10-21-25(12-16)11-14-5-3-2-4-6-14)22-19(26)15-7-8-17-18(9-15)24-20(27)23-17/h2-10,12-13H,11H2,1H3,(H,22,26)(H2,23,24,27). The molecule has 0 spiro atoms. The van der Waals surface area contributed by atoms with Crippen molar-refractivity contribution < 1.29 is 4.79 Å². The summed E-state index contributed by atoms with van der Waals surface area (Å²) >= 11 is 0. The number of H-pyrrole nitrogens is 2. The van der Waals surface area contributed by atoms with Gasteiger partial charge in [-0.1, -0.05) is 30.3 Å². The zero-order chi connectivity index (χ0) is 18.8. The molecular weight excluding hydrogens is 342 g/mol. The highest BCUT2D eigenvalue weighted by atomic mass is 16.2. The number of amides is 1. The highest BCUT2D eigenvalue weighted by Gasteiger charge is 2.14. The van der Waals surface area contributed by atoms with E-state index >= 15 is 0 Å². The van der Waals surface area contributed by atoms with E-state index in [2.05, 4.69) is 20.4 Å². The van der Waals surface area contributed by atoms with Gasteiger partial charge < -0.3 is 15.3 Å². The first kappa shape index (κ1) is 16.8. The summed E-state index contributed by atoms with van der Waals surface area (Å²) in [6, 6.07) is 14.9. The third kappa shape index (κ3) is 3.67. The second-order valence-corrected chi connectivity index (χ2v) is 6.49. The SMILES string of the molecule is CC(NC(=O)c1ccc2[nH]c(=O)[nH]c2c1)c1cnn(Cc2ccccc2)c1. The van der Waals surface area contributed by atoms with Gasteiger partial charge in [-0.25, -0.2) is 4.79 Å². The highest BCUT2D eigenvalue weighted by Crippen LogP contribution is 2.15. The van der Waals surface area contributed by atoms with Crippen LogP contribution in [-0.2, 0) is 6.54 Å². The third-order valence-corrected chi connectivity index (χ3v) is 4.47. The van der Waals surface area contributed by atoms with Crippen LogP contribution in [0.5, 0.6) is 0 Å². The monoisotopic (exact) mass is 361 g/mol. The fraction of sp³-hybridized carbons (Fsp3) is 0.150. The number of nitrogens with zero attached hydrogens (tertiary/aromatic N) is 2. The molecule has 0 aliphatic heterocycles. The number of hydrogen-bond donors (Lipinski definition) is 3. The topological polar surface area (TPSA) is 95.6 Å². The largest absolute Gasteiger partial charge is 0.345 e. The van der Waals surface area contributed by atoms with Gasteiger partial charge in [0.05, 0.1) is 29.8 Å². The highest BCUT2D eigenvalue weighted by molar-refractivity contribution is 5.97. The van der Waals surface area contributed by atoms with Gasteiger partial charge in [0, 0.05) is 17.3 Å². The van der Waals surface area contributed by atoms with Gasteiger partial charge in [0.1, 0.15) is 0 Å². The lowest BCUT2D eigenvalue weighted by molar-refractivity contribution is 0.0940. The summed E-state index contributed by atoms with van der Waals surface area (Å²) in [4.78, 5) is 29.2. The molecule has 2 aromatic heterocycles. The van der Waals surface area contributed by atoms with Gasteiger partial charge >= 0.3 is 5.69 Å². The molecule has 0 saturated heterocycles. The molecular formula is C20H19N5O2. The third-order valence-electron chi connectivity index (χ3n) is 4.47. The number of aromatic amines is 2. The molecule has 1 atom stereocenters. The summed E-state index contributed by atoms with van der Waals surface area (Å²) in [6.07, 6.45) is 3.70. The van der Waals surface area contributed by atoms with Crippen molar-refractivity contribution in [3.63, 3.8) is 0 Å². The maximum Gasteiger partial charge on any atom is 0.323 e. The predicted molar refractivity (Wildman–Crippen MR) is 103 cm³/mol. The molecule has 0 saturated carbocycles. The number of benzene rings is 2. The molecule has 4 aromatic rings. The van der Waals surface area contributed by atoms with E-state index in [1.807, 2.05) is 48.1 Å². The van der Waals surface area contributed by atoms with Gasteiger partial charge in [-0.3, -0.25) is 9.48 Å². The molecule has 2 heterocycles. The van der Waals surface area contributed by atoms with Crippen LogP contribution in [0.2, 0.25) is 0 Å². The maximum absolute atomic E-state index is 12.5. The quantitative estimate of drug-likeness (QED) is 0.510. The first-order valence-corrected chi connectivity index (χ1v) is 8.68. The Balaban J connectivity index is 1.45. The van der Waals surface area contributed by atoms with Crippen molar-refractivity contribution in [2.24, 2.45) is 0 Å². The van der Waals surface area contributed by atoms with Crippen LogP contribution in [0.3, 0.4) is 0 Å². The van der Waals surface area contributed by atoms with E-state index in [9.17, 15) is 9.59 Å². The van der Waals surface area contributed by atoms with E-state index in [4.69, 9.17) is 0 Å². The van der Waals surface area contributed by atoms with Crippen molar-refractivity contribution in [1.29, 1.82) is 0 Å². The lowest BCUT2D eigenvalue weighted by atomic mass is 10.1. The zero-order valence-corrected chi connectivity index (χ0v) is 14.8. The van der Waals surface area contributed by atoms with Crippen LogP contribution >= 0.6 is 0 Å². The molecule has 7 heteroatoms. The molecule has 1 amide bonds. The van der Waals surface area contributed by atoms with Crippen LogP contribution in [-0.4, -0.2) is 25.7 Å². The molecule has 3 N–H and O–H groups in total. The Hall–Kier alpha value is -3.61. The molecule has 0 radical (unpaired) electrons. The van der Waals surface area contributed by atoms with Crippen molar-refractivity contribution in [1.82, 2.24) is 25.1 Å². The summed E-state index contributed by atoms with van der Waals surface area (Å²) < 4.78 is 1.85. The lowest BCUT2D eigenvalue weighted by Gasteiger charge is -2.12. The number of carbonyl (C=O) groups is 1. The smallest absolute Gasteiger partial charge is 0.323 e. The average Bonchev–Trinajstić information content (AvgIpc) is 3.27. The Labute approximate surface area is 155 Å². The number of nitrogens with one attached hydrogen (secondary N) is 3. The van der Waals surface area contributed by atoms with E-state index in [-0.39, 0.29) is 17.6 Å². The first-order valence-electron chi connectivity index (χ1n) is 8.68. The zero-order valence-electron chi connectivity index (χ0n) is 14.8. The molecule has 1 unspecified atom stereocenters. The summed E-state index contributed by atoms with van der Waals surface area (Å²) in [5, 5.41) is 7.34. The van der Waals surface area contributed by atoms with Crippen molar-refractivity contribution in [3.8, 4) is 0 Å². The van der Waals surface area contributed by atoms with Crippen molar-refractivity contribution >= 4 is 16.9 Å². The van der Waals surface area contributed by atoms with Crippen LogP contribution in [0.1, 0.15) is 34.5 Å². The number of rotatable bonds is 5. The minimum Gasteiger partial charge on any atom is -0.345 e. The summed E-state index contributed by atoms with van der Waals surface area (Å²) in [7, 11) is 0. The molecule has 0 aliphatic carbocycles. The predicted octanol–water partition coefficient (Wildman–Crippen LogP) is 2.59. The van der Waals surface area contributed by atoms with E-state index < -0.39 is 0 Å². The van der Waals surface area contributed by atoms with E-state index in [1.54, 1.807) is 24.4 Å². The molecule has 136 valence electrons. The number of aromatic nitrogens is 4. The number of hydrogen-bond acceptors (Lipinski definition) is 3. The fourth-order valence-corrected chi connectivity index (χ4v) is 3.00. The minimum absolute atomic E-state index is 0.192. The second-order valence-electron chi connectivity index (χ2n) is 6.49. The van der Waals surface area contributed by atoms with Crippen molar-refractivity contribution in [3.05, 3.63) is 88.1 Å². The molecule has 7 nitrogen and oxygen atoms in total. The Kier molecular flexibility index (Phi) is 4.33. The molecule has 4 rings (SSSR count). The second kappa shape index (κ2) is 6.95. The Morgan fingerprint density at radius 1 is 1.15 bits per heavy atom. The Morgan fingerprint density at radius 2 is 1.93 bits per heavy atom. The molecule has 27 heavy (non-hydrogen) atoms. The normalized spacial score (nSPS) is 12.2. The summed E-state index contributed by atoms with van der Waals surface area (Å²) in [5.74, 6) is -0.206. The molecule has 2 aromatic carbocycles. The van der Waals surface area contributed by atoms with Crippen molar-refractivity contribution in [2.45, 2.75) is 19.5 Å². The van der Waals surface area contributed by atoms with Crippen LogP contribution in [0.4, 0.5) is 0 Å². The van der Waals surface area contributed by atoms with Gasteiger partial charge in [-0.15, -0.1) is 0 Å². The summed E-state index contributed by atoms with van der Waals surface area (Å²) in [5.41, 5.74) is 3.57. The maximum atomic E-state index is 12.5. The average molecular weight is 361 g/mol. The molecule has 0 aliphatic rings. The number of carbonyl (C=O) groups excluding carboxylic acids is 1.